The summed E-state index contributed by atoms with van der Waals surface area (Å²) in [6.45, 7) is 1.91. The van der Waals surface area contributed by atoms with E-state index in [4.69, 9.17) is 21.3 Å². The Labute approximate surface area is 179 Å². The second-order valence-electron chi connectivity index (χ2n) is 6.85. The lowest BCUT2D eigenvalue weighted by Crippen LogP contribution is -2.19. The van der Waals surface area contributed by atoms with Gasteiger partial charge >= 0.3 is 6.03 Å². The number of amides is 2. The van der Waals surface area contributed by atoms with Gasteiger partial charge in [0, 0.05) is 33.4 Å². The highest BCUT2D eigenvalue weighted by atomic mass is 35.5. The van der Waals surface area contributed by atoms with Crippen LogP contribution in [-0.2, 0) is 0 Å². The molecule has 4 rings (SSSR count). The van der Waals surface area contributed by atoms with Crippen molar-refractivity contribution in [2.75, 3.05) is 17.7 Å². The van der Waals surface area contributed by atoms with Gasteiger partial charge in [-0.2, -0.15) is 0 Å². The largest absolute Gasteiger partial charge is 0.496 e. The molecule has 0 aliphatic rings. The smallest absolute Gasteiger partial charge is 0.323 e. The molecular formula is C24H20ClN3O2. The Kier molecular flexibility index (Phi) is 5.55. The Morgan fingerprint density at radius 1 is 0.933 bits per heavy atom. The van der Waals surface area contributed by atoms with Gasteiger partial charge in [-0.1, -0.05) is 48.0 Å². The fourth-order valence-corrected chi connectivity index (χ4v) is 3.34. The fraction of sp³-hybridized carbons (Fsp3) is 0.0833. The third-order valence-corrected chi connectivity index (χ3v) is 5.15. The zero-order valence-corrected chi connectivity index (χ0v) is 17.3. The van der Waals surface area contributed by atoms with Crippen molar-refractivity contribution in [3.8, 4) is 17.0 Å². The number of anilines is 2. The quantitative estimate of drug-likeness (QED) is 0.397. The number of aromatic nitrogens is 1. The molecular weight excluding hydrogens is 398 g/mol. The highest BCUT2D eigenvalue weighted by Crippen LogP contribution is 2.31. The van der Waals surface area contributed by atoms with Crippen molar-refractivity contribution < 1.29 is 9.53 Å². The number of urea groups is 1. The molecule has 0 bridgehead atoms. The Balaban J connectivity index is 1.59. The molecule has 0 aliphatic heterocycles. The predicted molar refractivity (Wildman–Crippen MR) is 123 cm³/mol. The molecule has 30 heavy (non-hydrogen) atoms. The molecule has 1 aromatic heterocycles. The minimum atomic E-state index is -0.359. The van der Waals surface area contributed by atoms with Crippen LogP contribution in [0.3, 0.4) is 0 Å². The molecule has 6 heteroatoms. The summed E-state index contributed by atoms with van der Waals surface area (Å²) in [4.78, 5) is 17.1. The number of ether oxygens (including phenoxy) is 1. The van der Waals surface area contributed by atoms with Gasteiger partial charge in [0.1, 0.15) is 5.75 Å². The summed E-state index contributed by atoms with van der Waals surface area (Å²) in [6, 6.07) is 22.4. The topological polar surface area (TPSA) is 63.2 Å². The second kappa shape index (κ2) is 8.43. The van der Waals surface area contributed by atoms with E-state index < -0.39 is 0 Å². The number of pyridine rings is 1. The van der Waals surface area contributed by atoms with Crippen molar-refractivity contribution in [3.05, 3.63) is 83.4 Å². The van der Waals surface area contributed by atoms with Crippen LogP contribution in [0.4, 0.5) is 16.2 Å². The first kappa shape index (κ1) is 19.7. The summed E-state index contributed by atoms with van der Waals surface area (Å²) in [5, 5.41) is 7.04. The normalized spacial score (nSPS) is 10.6. The number of methoxy groups -OCH3 is 1. The average molecular weight is 418 g/mol. The number of nitrogens with one attached hydrogen (secondary N) is 2. The van der Waals surface area contributed by atoms with Gasteiger partial charge in [-0.15, -0.1) is 0 Å². The summed E-state index contributed by atoms with van der Waals surface area (Å²) in [5.41, 5.74) is 4.82. The van der Waals surface area contributed by atoms with E-state index in [1.807, 2.05) is 67.6 Å². The molecule has 0 aliphatic carbocycles. The molecule has 5 nitrogen and oxygen atoms in total. The maximum Gasteiger partial charge on any atom is 0.323 e. The number of nitrogens with zero attached hydrogens (tertiary/aromatic N) is 1. The van der Waals surface area contributed by atoms with E-state index >= 15 is 0 Å². The van der Waals surface area contributed by atoms with Crippen molar-refractivity contribution in [1.29, 1.82) is 0 Å². The van der Waals surface area contributed by atoms with Gasteiger partial charge in [0.25, 0.3) is 0 Å². The number of hydrogen-bond acceptors (Lipinski definition) is 3. The number of rotatable bonds is 4. The van der Waals surface area contributed by atoms with Crippen molar-refractivity contribution in [3.63, 3.8) is 0 Å². The third-order valence-electron chi connectivity index (χ3n) is 4.75. The van der Waals surface area contributed by atoms with Crippen molar-refractivity contribution in [2.45, 2.75) is 6.92 Å². The monoisotopic (exact) mass is 417 g/mol. The van der Waals surface area contributed by atoms with Crippen molar-refractivity contribution in [2.24, 2.45) is 0 Å². The zero-order chi connectivity index (χ0) is 21.1. The molecule has 0 fully saturated rings. The molecule has 0 atom stereocenters. The van der Waals surface area contributed by atoms with Crippen LogP contribution < -0.4 is 15.4 Å². The van der Waals surface area contributed by atoms with Gasteiger partial charge in [0.2, 0.25) is 0 Å². The Hall–Kier alpha value is -3.57. The van der Waals surface area contributed by atoms with Gasteiger partial charge in [-0.3, -0.25) is 0 Å². The molecule has 0 unspecified atom stereocenters. The lowest BCUT2D eigenvalue weighted by Gasteiger charge is -2.12. The number of hydrogen-bond donors (Lipinski definition) is 2. The van der Waals surface area contributed by atoms with E-state index in [0.717, 1.165) is 27.7 Å². The summed E-state index contributed by atoms with van der Waals surface area (Å²) < 4.78 is 5.59. The maximum atomic E-state index is 12.4. The van der Waals surface area contributed by atoms with Crippen molar-refractivity contribution in [1.82, 2.24) is 4.98 Å². The van der Waals surface area contributed by atoms with E-state index in [9.17, 15) is 4.79 Å². The van der Waals surface area contributed by atoms with Crippen LogP contribution in [0.15, 0.2) is 72.8 Å². The Morgan fingerprint density at radius 3 is 2.33 bits per heavy atom. The molecule has 150 valence electrons. The van der Waals surface area contributed by atoms with E-state index in [1.54, 1.807) is 19.2 Å². The summed E-state index contributed by atoms with van der Waals surface area (Å²) in [6.07, 6.45) is 0. The van der Waals surface area contributed by atoms with Crippen LogP contribution in [0.25, 0.3) is 22.2 Å². The fourth-order valence-electron chi connectivity index (χ4n) is 3.16. The van der Waals surface area contributed by atoms with Gasteiger partial charge in [-0.25, -0.2) is 9.78 Å². The molecule has 3 aromatic carbocycles. The number of aryl methyl sites for hydroxylation is 1. The first-order valence-electron chi connectivity index (χ1n) is 9.42. The number of carbonyl (C=O) groups excluding carboxylic acids is 1. The minimum Gasteiger partial charge on any atom is -0.496 e. The minimum absolute atomic E-state index is 0.359. The molecule has 4 aromatic rings. The lowest BCUT2D eigenvalue weighted by molar-refractivity contribution is 0.262. The Bertz CT molecular complexity index is 1230. The molecule has 0 radical (unpaired) electrons. The number of benzene rings is 3. The summed E-state index contributed by atoms with van der Waals surface area (Å²) >= 11 is 6.12. The van der Waals surface area contributed by atoms with Crippen LogP contribution in [0.5, 0.6) is 5.75 Å². The van der Waals surface area contributed by atoms with Gasteiger partial charge < -0.3 is 15.4 Å². The first-order valence-corrected chi connectivity index (χ1v) is 9.79. The predicted octanol–water partition coefficient (Wildman–Crippen LogP) is 6.52. The van der Waals surface area contributed by atoms with E-state index in [2.05, 4.69) is 10.6 Å². The first-order chi connectivity index (χ1) is 14.5. The Morgan fingerprint density at radius 2 is 1.63 bits per heavy atom. The highest BCUT2D eigenvalue weighted by Gasteiger charge is 2.11. The van der Waals surface area contributed by atoms with Crippen LogP contribution in [0, 0.1) is 6.92 Å². The lowest BCUT2D eigenvalue weighted by atomic mass is 10.1. The van der Waals surface area contributed by atoms with Gasteiger partial charge in [-0.05, 0) is 42.8 Å². The van der Waals surface area contributed by atoms with Crippen LogP contribution >= 0.6 is 11.6 Å². The van der Waals surface area contributed by atoms with Crippen molar-refractivity contribution >= 4 is 39.9 Å². The SMILES string of the molecule is COc1cc(-c2ccccc2)nc2ccc(NC(=O)Nc3ccc(C)c(Cl)c3)cc12. The van der Waals surface area contributed by atoms with E-state index in [1.165, 1.54) is 0 Å². The molecule has 1 heterocycles. The van der Waals surface area contributed by atoms with Crippen LogP contribution in [0.2, 0.25) is 5.02 Å². The van der Waals surface area contributed by atoms with Crippen LogP contribution in [0.1, 0.15) is 5.56 Å². The molecule has 0 saturated heterocycles. The summed E-state index contributed by atoms with van der Waals surface area (Å²) in [5.74, 6) is 0.688. The van der Waals surface area contributed by atoms with E-state index in [0.29, 0.717) is 22.1 Å². The highest BCUT2D eigenvalue weighted by molar-refractivity contribution is 6.31. The van der Waals surface area contributed by atoms with E-state index in [-0.39, 0.29) is 6.03 Å². The number of carbonyl (C=O) groups is 1. The summed E-state index contributed by atoms with van der Waals surface area (Å²) in [7, 11) is 1.62. The van der Waals surface area contributed by atoms with Crippen LogP contribution in [-0.4, -0.2) is 18.1 Å². The molecule has 0 saturated carbocycles. The van der Waals surface area contributed by atoms with Gasteiger partial charge in [0.05, 0.1) is 18.3 Å². The molecule has 0 spiro atoms. The average Bonchev–Trinajstić information content (AvgIpc) is 2.76. The zero-order valence-electron chi connectivity index (χ0n) is 16.6. The molecule has 2 N–H and O–H groups in total. The number of fused-ring (bicyclic) bond motifs is 1. The number of halogens is 1. The third kappa shape index (κ3) is 4.21. The molecule has 2 amide bonds. The second-order valence-corrected chi connectivity index (χ2v) is 7.26. The van der Waals surface area contributed by atoms with Gasteiger partial charge in [0.15, 0.2) is 0 Å². The standard InChI is InChI=1S/C24H20ClN3O2/c1-15-8-9-18(13-20(15)25)27-24(29)26-17-10-11-21-19(12-17)23(30-2)14-22(28-21)16-6-4-3-5-7-16/h3-14H,1-2H3,(H2,26,27,29). The maximum absolute atomic E-state index is 12.4.